The van der Waals surface area contributed by atoms with E-state index in [-0.39, 0.29) is 0 Å². The van der Waals surface area contributed by atoms with Crippen molar-refractivity contribution in [2.45, 2.75) is 37.8 Å². The fraction of sp³-hybridized carbons (Fsp3) is 0.533. The molecule has 1 aliphatic rings. The van der Waals surface area contributed by atoms with Gasteiger partial charge in [0, 0.05) is 12.2 Å². The molecule has 0 unspecified atom stereocenters. The Morgan fingerprint density at radius 2 is 2.00 bits per heavy atom. The zero-order valence-corrected chi connectivity index (χ0v) is 12.3. The molecule has 1 saturated carbocycles. The summed E-state index contributed by atoms with van der Waals surface area (Å²) in [4.78, 5) is 7.76. The van der Waals surface area contributed by atoms with Crippen LogP contribution >= 0.6 is 11.3 Å². The molecule has 2 aromatic rings. The van der Waals surface area contributed by atoms with Crippen molar-refractivity contribution in [2.24, 2.45) is 0 Å². The van der Waals surface area contributed by atoms with Crippen molar-refractivity contribution in [3.63, 3.8) is 0 Å². The molecular formula is C15H20N2OS. The summed E-state index contributed by atoms with van der Waals surface area (Å²) in [5, 5.41) is 3.23. The first-order valence-corrected chi connectivity index (χ1v) is 7.77. The van der Waals surface area contributed by atoms with Crippen LogP contribution in [0, 0.1) is 0 Å². The van der Waals surface area contributed by atoms with Gasteiger partial charge in [-0.3, -0.25) is 0 Å². The SMILES string of the molecule is CN(C)C1CCC(Oc2ccnc3sccc23)CC1. The Morgan fingerprint density at radius 3 is 2.74 bits per heavy atom. The fourth-order valence-electron chi connectivity index (χ4n) is 2.81. The maximum atomic E-state index is 6.20. The molecule has 1 fully saturated rings. The van der Waals surface area contributed by atoms with Crippen LogP contribution in [-0.2, 0) is 0 Å². The molecule has 0 bridgehead atoms. The highest BCUT2D eigenvalue weighted by Gasteiger charge is 2.24. The van der Waals surface area contributed by atoms with E-state index in [1.807, 2.05) is 12.3 Å². The first-order valence-electron chi connectivity index (χ1n) is 6.89. The second-order valence-corrected chi connectivity index (χ2v) is 6.36. The fourth-order valence-corrected chi connectivity index (χ4v) is 3.56. The molecule has 0 radical (unpaired) electrons. The van der Waals surface area contributed by atoms with E-state index in [9.17, 15) is 0 Å². The summed E-state index contributed by atoms with van der Waals surface area (Å²) < 4.78 is 6.20. The van der Waals surface area contributed by atoms with Gasteiger partial charge in [0.1, 0.15) is 10.6 Å². The number of nitrogens with zero attached hydrogens (tertiary/aromatic N) is 2. The Kier molecular flexibility index (Phi) is 3.71. The zero-order chi connectivity index (χ0) is 13.2. The average molecular weight is 276 g/mol. The van der Waals surface area contributed by atoms with Crippen LogP contribution in [0.5, 0.6) is 5.75 Å². The van der Waals surface area contributed by atoms with Gasteiger partial charge in [-0.25, -0.2) is 4.98 Å². The van der Waals surface area contributed by atoms with Crippen LogP contribution in [-0.4, -0.2) is 36.1 Å². The number of pyridine rings is 1. The minimum Gasteiger partial charge on any atom is -0.490 e. The lowest BCUT2D eigenvalue weighted by Gasteiger charge is -2.32. The molecule has 0 saturated heterocycles. The van der Waals surface area contributed by atoms with Crippen LogP contribution in [0.3, 0.4) is 0 Å². The maximum absolute atomic E-state index is 6.20. The van der Waals surface area contributed by atoms with Gasteiger partial charge in [0.05, 0.1) is 11.5 Å². The van der Waals surface area contributed by atoms with Crippen molar-refractivity contribution in [1.29, 1.82) is 0 Å². The quantitative estimate of drug-likeness (QED) is 0.857. The Labute approximate surface area is 118 Å². The molecule has 19 heavy (non-hydrogen) atoms. The molecule has 0 N–H and O–H groups in total. The van der Waals surface area contributed by atoms with E-state index in [0.717, 1.165) is 34.8 Å². The minimum atomic E-state index is 0.363. The van der Waals surface area contributed by atoms with Crippen LogP contribution in [0.2, 0.25) is 0 Å². The highest BCUT2D eigenvalue weighted by molar-refractivity contribution is 7.16. The van der Waals surface area contributed by atoms with Crippen LogP contribution < -0.4 is 4.74 Å². The summed E-state index contributed by atoms with van der Waals surface area (Å²) in [5.74, 6) is 1.000. The molecule has 4 heteroatoms. The van der Waals surface area contributed by atoms with E-state index in [1.165, 1.54) is 12.8 Å². The normalized spacial score (nSPS) is 23.9. The Bertz CT molecular complexity index is 544. The standard InChI is InChI=1S/C15H20N2OS/c1-17(2)11-3-5-12(6-4-11)18-14-7-9-16-15-13(14)8-10-19-15/h7-12H,3-6H2,1-2H3. The first kappa shape index (κ1) is 12.9. The van der Waals surface area contributed by atoms with Gasteiger partial charge in [0.25, 0.3) is 0 Å². The minimum absolute atomic E-state index is 0.363. The highest BCUT2D eigenvalue weighted by atomic mass is 32.1. The second-order valence-electron chi connectivity index (χ2n) is 5.46. The average Bonchev–Trinajstić information content (AvgIpc) is 2.89. The predicted octanol–water partition coefficient (Wildman–Crippen LogP) is 3.55. The Morgan fingerprint density at radius 1 is 1.21 bits per heavy atom. The molecule has 3 nitrogen and oxygen atoms in total. The monoisotopic (exact) mass is 276 g/mol. The van der Waals surface area contributed by atoms with Gasteiger partial charge in [0.15, 0.2) is 0 Å². The number of aromatic nitrogens is 1. The summed E-state index contributed by atoms with van der Waals surface area (Å²) >= 11 is 1.67. The first-order chi connectivity index (χ1) is 9.24. The molecule has 0 spiro atoms. The molecule has 0 aliphatic heterocycles. The topological polar surface area (TPSA) is 25.4 Å². The maximum Gasteiger partial charge on any atom is 0.131 e. The van der Waals surface area contributed by atoms with Crippen LogP contribution in [0.4, 0.5) is 0 Å². The van der Waals surface area contributed by atoms with E-state index < -0.39 is 0 Å². The smallest absolute Gasteiger partial charge is 0.131 e. The summed E-state index contributed by atoms with van der Waals surface area (Å²) in [6, 6.07) is 4.82. The molecule has 0 aromatic carbocycles. The lowest BCUT2D eigenvalue weighted by Crippen LogP contribution is -2.35. The van der Waals surface area contributed by atoms with E-state index >= 15 is 0 Å². The van der Waals surface area contributed by atoms with Crippen LogP contribution in [0.25, 0.3) is 10.2 Å². The third-order valence-corrected chi connectivity index (χ3v) is 4.82. The summed E-state index contributed by atoms with van der Waals surface area (Å²) in [7, 11) is 4.34. The molecule has 0 atom stereocenters. The van der Waals surface area contributed by atoms with Crippen molar-refractivity contribution < 1.29 is 4.74 Å². The highest BCUT2D eigenvalue weighted by Crippen LogP contribution is 2.31. The van der Waals surface area contributed by atoms with E-state index in [2.05, 4.69) is 35.4 Å². The van der Waals surface area contributed by atoms with E-state index in [4.69, 9.17) is 4.74 Å². The third kappa shape index (κ3) is 2.74. The molecular weight excluding hydrogens is 256 g/mol. The summed E-state index contributed by atoms with van der Waals surface area (Å²) in [6.45, 7) is 0. The number of thiophene rings is 1. The zero-order valence-electron chi connectivity index (χ0n) is 11.5. The van der Waals surface area contributed by atoms with Gasteiger partial charge < -0.3 is 9.64 Å². The molecule has 3 rings (SSSR count). The summed E-state index contributed by atoms with van der Waals surface area (Å²) in [5.41, 5.74) is 0. The second kappa shape index (κ2) is 5.47. The van der Waals surface area contributed by atoms with Gasteiger partial charge in [-0.1, -0.05) is 0 Å². The molecule has 2 heterocycles. The number of rotatable bonds is 3. The largest absolute Gasteiger partial charge is 0.490 e. The van der Waals surface area contributed by atoms with Gasteiger partial charge >= 0.3 is 0 Å². The Hall–Kier alpha value is -1.13. The van der Waals surface area contributed by atoms with Crippen molar-refractivity contribution in [2.75, 3.05) is 14.1 Å². The number of hydrogen-bond donors (Lipinski definition) is 0. The van der Waals surface area contributed by atoms with Gasteiger partial charge in [-0.05, 0) is 57.3 Å². The van der Waals surface area contributed by atoms with E-state index in [1.54, 1.807) is 11.3 Å². The van der Waals surface area contributed by atoms with E-state index in [0.29, 0.717) is 6.10 Å². The molecule has 2 aromatic heterocycles. The predicted molar refractivity (Wildman–Crippen MR) is 80.0 cm³/mol. The van der Waals surface area contributed by atoms with Crippen LogP contribution in [0.1, 0.15) is 25.7 Å². The van der Waals surface area contributed by atoms with Crippen molar-refractivity contribution in [3.8, 4) is 5.75 Å². The lowest BCUT2D eigenvalue weighted by atomic mass is 9.92. The number of hydrogen-bond acceptors (Lipinski definition) is 4. The lowest BCUT2D eigenvalue weighted by molar-refractivity contribution is 0.112. The van der Waals surface area contributed by atoms with Gasteiger partial charge in [0.2, 0.25) is 0 Å². The summed E-state index contributed by atoms with van der Waals surface area (Å²) in [6.07, 6.45) is 6.97. The third-order valence-electron chi connectivity index (χ3n) is 4.00. The van der Waals surface area contributed by atoms with Gasteiger partial charge in [-0.2, -0.15) is 0 Å². The molecule has 102 valence electrons. The van der Waals surface area contributed by atoms with Crippen molar-refractivity contribution >= 4 is 21.6 Å². The molecule has 0 amide bonds. The number of ether oxygens (including phenoxy) is 1. The number of fused-ring (bicyclic) bond motifs is 1. The van der Waals surface area contributed by atoms with Crippen LogP contribution in [0.15, 0.2) is 23.7 Å². The van der Waals surface area contributed by atoms with Crippen molar-refractivity contribution in [1.82, 2.24) is 9.88 Å². The molecule has 1 aliphatic carbocycles. The Balaban J connectivity index is 1.68. The van der Waals surface area contributed by atoms with Crippen molar-refractivity contribution in [3.05, 3.63) is 23.7 Å². The van der Waals surface area contributed by atoms with Gasteiger partial charge in [-0.15, -0.1) is 11.3 Å².